The zero-order valence-corrected chi connectivity index (χ0v) is 11.6. The lowest BCUT2D eigenvalue weighted by molar-refractivity contribution is 0.0676. The molecule has 2 aliphatic heterocycles. The van der Waals surface area contributed by atoms with Gasteiger partial charge in [0, 0.05) is 25.2 Å². The Hall–Kier alpha value is -0.120. The number of morpholine rings is 1. The van der Waals surface area contributed by atoms with Crippen molar-refractivity contribution in [2.75, 3.05) is 32.8 Å². The van der Waals surface area contributed by atoms with Crippen LogP contribution in [0.25, 0.3) is 0 Å². The van der Waals surface area contributed by atoms with E-state index in [2.05, 4.69) is 10.2 Å². The molecule has 2 saturated heterocycles. The summed E-state index contributed by atoms with van der Waals surface area (Å²) in [5.41, 5.74) is 0. The molecule has 3 fully saturated rings. The van der Waals surface area contributed by atoms with Gasteiger partial charge in [-0.1, -0.05) is 12.8 Å². The van der Waals surface area contributed by atoms with E-state index in [-0.39, 0.29) is 0 Å². The van der Waals surface area contributed by atoms with Crippen LogP contribution in [0.2, 0.25) is 0 Å². The Morgan fingerprint density at radius 1 is 1.11 bits per heavy atom. The fourth-order valence-electron chi connectivity index (χ4n) is 4.13. The van der Waals surface area contributed by atoms with E-state index in [4.69, 9.17) is 4.74 Å². The van der Waals surface area contributed by atoms with Gasteiger partial charge in [-0.2, -0.15) is 0 Å². The molecule has 0 bridgehead atoms. The highest BCUT2D eigenvalue weighted by molar-refractivity contribution is 4.88. The summed E-state index contributed by atoms with van der Waals surface area (Å²) in [6.45, 7) is 5.47. The monoisotopic (exact) mass is 252 g/mol. The topological polar surface area (TPSA) is 24.5 Å². The van der Waals surface area contributed by atoms with Crippen molar-refractivity contribution in [1.29, 1.82) is 0 Å². The fraction of sp³-hybridized carbons (Fsp3) is 1.00. The van der Waals surface area contributed by atoms with Crippen molar-refractivity contribution in [2.24, 2.45) is 5.92 Å². The Bertz CT molecular complexity index is 247. The molecule has 2 heterocycles. The van der Waals surface area contributed by atoms with E-state index in [0.29, 0.717) is 6.04 Å². The molecule has 0 radical (unpaired) electrons. The predicted molar refractivity (Wildman–Crippen MR) is 73.8 cm³/mol. The van der Waals surface area contributed by atoms with Crippen molar-refractivity contribution in [3.05, 3.63) is 0 Å². The van der Waals surface area contributed by atoms with Gasteiger partial charge >= 0.3 is 0 Å². The Balaban J connectivity index is 1.45. The number of likely N-dealkylation sites (tertiary alicyclic amines) is 1. The van der Waals surface area contributed by atoms with Crippen LogP contribution < -0.4 is 5.32 Å². The molecule has 1 aliphatic carbocycles. The van der Waals surface area contributed by atoms with Gasteiger partial charge in [0.2, 0.25) is 0 Å². The van der Waals surface area contributed by atoms with Crippen LogP contribution in [-0.2, 0) is 4.74 Å². The second kappa shape index (κ2) is 6.36. The SMILES string of the molecule is C1CCC(C2CCCN2CCC2COCCN2)C1. The molecule has 2 atom stereocenters. The molecule has 3 aliphatic rings. The van der Waals surface area contributed by atoms with E-state index >= 15 is 0 Å². The first-order valence-electron chi connectivity index (χ1n) is 7.98. The zero-order chi connectivity index (χ0) is 12.2. The Kier molecular flexibility index (Phi) is 4.55. The average molecular weight is 252 g/mol. The number of nitrogens with zero attached hydrogens (tertiary/aromatic N) is 1. The average Bonchev–Trinajstić information content (AvgIpc) is 3.08. The van der Waals surface area contributed by atoms with E-state index in [1.165, 1.54) is 58.0 Å². The van der Waals surface area contributed by atoms with Gasteiger partial charge < -0.3 is 15.0 Å². The van der Waals surface area contributed by atoms with Gasteiger partial charge in [-0.3, -0.25) is 0 Å². The van der Waals surface area contributed by atoms with Gasteiger partial charge in [-0.05, 0) is 44.6 Å². The van der Waals surface area contributed by atoms with Crippen LogP contribution in [0.1, 0.15) is 44.9 Å². The maximum absolute atomic E-state index is 5.54. The van der Waals surface area contributed by atoms with Crippen molar-refractivity contribution < 1.29 is 4.74 Å². The van der Waals surface area contributed by atoms with Gasteiger partial charge in [-0.15, -0.1) is 0 Å². The summed E-state index contributed by atoms with van der Waals surface area (Å²) >= 11 is 0. The second-order valence-corrected chi connectivity index (χ2v) is 6.30. The molecule has 0 amide bonds. The third-order valence-electron chi connectivity index (χ3n) is 5.12. The Labute approximate surface area is 111 Å². The Morgan fingerprint density at radius 3 is 2.78 bits per heavy atom. The van der Waals surface area contributed by atoms with Crippen LogP contribution in [-0.4, -0.2) is 49.8 Å². The van der Waals surface area contributed by atoms with Gasteiger partial charge in [0.15, 0.2) is 0 Å². The van der Waals surface area contributed by atoms with E-state index < -0.39 is 0 Å². The number of hydrogen-bond donors (Lipinski definition) is 1. The minimum Gasteiger partial charge on any atom is -0.379 e. The smallest absolute Gasteiger partial charge is 0.0620 e. The molecule has 104 valence electrons. The molecule has 3 nitrogen and oxygen atoms in total. The highest BCUT2D eigenvalue weighted by Gasteiger charge is 2.33. The molecule has 3 rings (SSSR count). The maximum Gasteiger partial charge on any atom is 0.0620 e. The highest BCUT2D eigenvalue weighted by atomic mass is 16.5. The third-order valence-corrected chi connectivity index (χ3v) is 5.12. The first-order valence-corrected chi connectivity index (χ1v) is 7.98. The zero-order valence-electron chi connectivity index (χ0n) is 11.6. The van der Waals surface area contributed by atoms with Crippen LogP contribution >= 0.6 is 0 Å². The van der Waals surface area contributed by atoms with Crippen molar-refractivity contribution in [3.8, 4) is 0 Å². The summed E-state index contributed by atoms with van der Waals surface area (Å²) in [7, 11) is 0. The van der Waals surface area contributed by atoms with Crippen molar-refractivity contribution >= 4 is 0 Å². The van der Waals surface area contributed by atoms with E-state index in [9.17, 15) is 0 Å². The van der Waals surface area contributed by atoms with Gasteiger partial charge in [-0.25, -0.2) is 0 Å². The summed E-state index contributed by atoms with van der Waals surface area (Å²) < 4.78 is 5.54. The van der Waals surface area contributed by atoms with Gasteiger partial charge in [0.25, 0.3) is 0 Å². The van der Waals surface area contributed by atoms with Gasteiger partial charge in [0.1, 0.15) is 0 Å². The quantitative estimate of drug-likeness (QED) is 0.828. The van der Waals surface area contributed by atoms with Crippen LogP contribution in [0.5, 0.6) is 0 Å². The van der Waals surface area contributed by atoms with Crippen molar-refractivity contribution in [2.45, 2.75) is 57.0 Å². The van der Waals surface area contributed by atoms with E-state index in [0.717, 1.165) is 31.7 Å². The molecule has 0 aromatic rings. The highest BCUT2D eigenvalue weighted by Crippen LogP contribution is 2.35. The number of nitrogens with one attached hydrogen (secondary N) is 1. The van der Waals surface area contributed by atoms with Crippen LogP contribution in [0, 0.1) is 5.92 Å². The third kappa shape index (κ3) is 3.06. The molecule has 1 saturated carbocycles. The first-order chi connectivity index (χ1) is 8.93. The van der Waals surface area contributed by atoms with E-state index in [1.807, 2.05) is 0 Å². The summed E-state index contributed by atoms with van der Waals surface area (Å²) in [6.07, 6.45) is 10.1. The summed E-state index contributed by atoms with van der Waals surface area (Å²) in [5.74, 6) is 1.02. The minimum absolute atomic E-state index is 0.601. The first kappa shape index (κ1) is 12.9. The molecular weight excluding hydrogens is 224 g/mol. The molecule has 0 aromatic heterocycles. The fourth-order valence-corrected chi connectivity index (χ4v) is 4.13. The lowest BCUT2D eigenvalue weighted by Crippen LogP contribution is -2.44. The van der Waals surface area contributed by atoms with Gasteiger partial charge in [0.05, 0.1) is 13.2 Å². The normalized spacial score (nSPS) is 35.3. The maximum atomic E-state index is 5.54. The number of rotatable bonds is 4. The molecule has 0 aromatic carbocycles. The molecular formula is C15H28N2O. The van der Waals surface area contributed by atoms with Crippen LogP contribution in [0.4, 0.5) is 0 Å². The van der Waals surface area contributed by atoms with Crippen LogP contribution in [0.15, 0.2) is 0 Å². The second-order valence-electron chi connectivity index (χ2n) is 6.30. The van der Waals surface area contributed by atoms with Crippen molar-refractivity contribution in [1.82, 2.24) is 10.2 Å². The number of ether oxygens (including phenoxy) is 1. The summed E-state index contributed by atoms with van der Waals surface area (Å²) in [4.78, 5) is 2.78. The molecule has 3 heteroatoms. The molecule has 1 N–H and O–H groups in total. The largest absolute Gasteiger partial charge is 0.379 e. The Morgan fingerprint density at radius 2 is 2.00 bits per heavy atom. The predicted octanol–water partition coefficient (Wildman–Crippen LogP) is 2.02. The molecule has 2 unspecified atom stereocenters. The van der Waals surface area contributed by atoms with Crippen LogP contribution in [0.3, 0.4) is 0 Å². The molecule has 18 heavy (non-hydrogen) atoms. The number of hydrogen-bond acceptors (Lipinski definition) is 3. The standard InChI is InChI=1S/C15H28N2O/c1-2-5-13(4-1)15-6-3-9-17(15)10-7-14-12-18-11-8-16-14/h13-16H,1-12H2. The van der Waals surface area contributed by atoms with E-state index in [1.54, 1.807) is 0 Å². The minimum atomic E-state index is 0.601. The lowest BCUT2D eigenvalue weighted by atomic mass is 9.96. The summed E-state index contributed by atoms with van der Waals surface area (Å²) in [5, 5.41) is 3.58. The summed E-state index contributed by atoms with van der Waals surface area (Å²) in [6, 6.07) is 1.51. The van der Waals surface area contributed by atoms with Crippen molar-refractivity contribution in [3.63, 3.8) is 0 Å². The lowest BCUT2D eigenvalue weighted by Gasteiger charge is -2.31. The molecule has 0 spiro atoms.